The summed E-state index contributed by atoms with van der Waals surface area (Å²) < 4.78 is 20.0. The molecule has 0 aromatic heterocycles. The van der Waals surface area contributed by atoms with Gasteiger partial charge < -0.3 is 18.9 Å². The van der Waals surface area contributed by atoms with Crippen LogP contribution in [0.4, 0.5) is 0 Å². The molecule has 0 saturated heterocycles. The Labute approximate surface area is 277 Å². The van der Waals surface area contributed by atoms with Crippen molar-refractivity contribution < 1.29 is 47.7 Å². The van der Waals surface area contributed by atoms with E-state index in [-0.39, 0.29) is 24.8 Å². The van der Waals surface area contributed by atoms with Crippen molar-refractivity contribution in [3.63, 3.8) is 0 Å². The summed E-state index contributed by atoms with van der Waals surface area (Å²) in [6.45, 7) is 1.30. The highest BCUT2D eigenvalue weighted by Crippen LogP contribution is 2.21. The first-order valence-corrected chi connectivity index (χ1v) is 15.2. The molecule has 0 aliphatic heterocycles. The van der Waals surface area contributed by atoms with Crippen molar-refractivity contribution in [1.29, 1.82) is 0 Å². The van der Waals surface area contributed by atoms with Crippen molar-refractivity contribution in [3.05, 3.63) is 143 Å². The number of benzene rings is 4. The molecule has 2 atom stereocenters. The molecule has 0 saturated carbocycles. The van der Waals surface area contributed by atoms with E-state index >= 15 is 0 Å². The highest BCUT2D eigenvalue weighted by Gasteiger charge is 2.21. The van der Waals surface area contributed by atoms with Crippen LogP contribution in [-0.4, -0.2) is 61.9 Å². The summed E-state index contributed by atoms with van der Waals surface area (Å²) >= 11 is 0. The fourth-order valence-corrected chi connectivity index (χ4v) is 4.56. The zero-order valence-electron chi connectivity index (χ0n) is 26.5. The van der Waals surface area contributed by atoms with E-state index in [0.29, 0.717) is 33.4 Å². The summed E-state index contributed by atoms with van der Waals surface area (Å²) in [7, 11) is 0. The Morgan fingerprint density at radius 3 is 1.38 bits per heavy atom. The fourth-order valence-electron chi connectivity index (χ4n) is 4.56. The first kappa shape index (κ1) is 35.0. The Morgan fingerprint density at radius 2 is 0.875 bits per heavy atom. The second-order valence-electron chi connectivity index (χ2n) is 10.7. The Bertz CT molecular complexity index is 1750. The lowest BCUT2D eigenvalue weighted by atomic mass is 9.96. The van der Waals surface area contributed by atoms with Crippen LogP contribution in [0, 0.1) is 0 Å². The minimum absolute atomic E-state index is 0.141. The number of hydrogen-bond acceptors (Lipinski definition) is 10. The molecule has 10 heteroatoms. The van der Waals surface area contributed by atoms with Crippen molar-refractivity contribution in [2.75, 3.05) is 26.4 Å². The number of hydrogen-bond donors (Lipinski definition) is 0. The van der Waals surface area contributed by atoms with Gasteiger partial charge in [0.1, 0.15) is 13.2 Å². The van der Waals surface area contributed by atoms with Crippen molar-refractivity contribution in [2.24, 2.45) is 0 Å². The van der Waals surface area contributed by atoms with Crippen molar-refractivity contribution in [1.82, 2.24) is 0 Å². The average Bonchev–Trinajstić information content (AvgIpc) is 3.14. The van der Waals surface area contributed by atoms with Gasteiger partial charge in [-0.15, -0.1) is 0 Å². The topological polar surface area (TPSA) is 139 Å². The SMILES string of the molecule is C[C@H](C(=O)OCC(=O)OCCOC(=O)COC(=O)[C@H](C)c1ccc(C(=O)c2ccccc2)cc1)c1cccc(C(=O)c2ccccc2)c1. The maximum atomic E-state index is 12.7. The number of rotatable bonds is 15. The van der Waals surface area contributed by atoms with E-state index in [2.05, 4.69) is 0 Å². The fraction of sp³-hybridized carbons (Fsp3) is 0.211. The summed E-state index contributed by atoms with van der Waals surface area (Å²) in [5.74, 6) is -4.82. The summed E-state index contributed by atoms with van der Waals surface area (Å²) in [5, 5.41) is 0. The first-order valence-electron chi connectivity index (χ1n) is 15.2. The molecule has 4 rings (SSSR count). The van der Waals surface area contributed by atoms with E-state index in [1.165, 1.54) is 0 Å². The van der Waals surface area contributed by atoms with Gasteiger partial charge in [-0.2, -0.15) is 0 Å². The van der Waals surface area contributed by atoms with Gasteiger partial charge in [-0.1, -0.05) is 103 Å². The quantitative estimate of drug-likeness (QED) is 0.0727. The number of esters is 4. The minimum atomic E-state index is -0.851. The molecule has 0 heterocycles. The predicted molar refractivity (Wildman–Crippen MR) is 173 cm³/mol. The van der Waals surface area contributed by atoms with E-state index in [0.717, 1.165) is 0 Å². The predicted octanol–water partition coefficient (Wildman–Crippen LogP) is 5.23. The van der Waals surface area contributed by atoms with E-state index in [1.807, 2.05) is 12.1 Å². The molecule has 0 aliphatic rings. The van der Waals surface area contributed by atoms with Crippen LogP contribution in [0.3, 0.4) is 0 Å². The molecule has 0 radical (unpaired) electrons. The highest BCUT2D eigenvalue weighted by molar-refractivity contribution is 6.09. The second-order valence-corrected chi connectivity index (χ2v) is 10.7. The number of ketones is 2. The van der Waals surface area contributed by atoms with Crippen LogP contribution in [0.5, 0.6) is 0 Å². The first-order chi connectivity index (χ1) is 23.1. The van der Waals surface area contributed by atoms with E-state index < -0.39 is 48.9 Å². The van der Waals surface area contributed by atoms with E-state index in [9.17, 15) is 28.8 Å². The van der Waals surface area contributed by atoms with E-state index in [4.69, 9.17) is 18.9 Å². The molecule has 0 spiro atoms. The van der Waals surface area contributed by atoms with Gasteiger partial charge in [-0.05, 0) is 31.0 Å². The molecule has 0 amide bonds. The molecule has 4 aromatic carbocycles. The molecule has 0 fully saturated rings. The smallest absolute Gasteiger partial charge is 0.344 e. The van der Waals surface area contributed by atoms with Crippen LogP contribution in [0.1, 0.15) is 68.7 Å². The van der Waals surface area contributed by atoms with Crippen LogP contribution in [0.15, 0.2) is 109 Å². The largest absolute Gasteiger partial charge is 0.460 e. The zero-order chi connectivity index (χ0) is 34.5. The van der Waals surface area contributed by atoms with Gasteiger partial charge in [0.15, 0.2) is 24.8 Å². The molecule has 0 unspecified atom stereocenters. The third-order valence-corrected chi connectivity index (χ3v) is 7.37. The molecule has 48 heavy (non-hydrogen) atoms. The molecule has 0 N–H and O–H groups in total. The Morgan fingerprint density at radius 1 is 0.458 bits per heavy atom. The molecular formula is C38H34O10. The number of ether oxygens (including phenoxy) is 4. The Hall–Kier alpha value is -5.90. The van der Waals surface area contributed by atoms with Crippen LogP contribution >= 0.6 is 0 Å². The molecule has 246 valence electrons. The van der Waals surface area contributed by atoms with Crippen molar-refractivity contribution >= 4 is 35.4 Å². The van der Waals surface area contributed by atoms with Crippen LogP contribution < -0.4 is 0 Å². The van der Waals surface area contributed by atoms with Crippen LogP contribution in [0.25, 0.3) is 0 Å². The lowest BCUT2D eigenvalue weighted by Crippen LogP contribution is -2.23. The molecule has 4 aromatic rings. The summed E-state index contributed by atoms with van der Waals surface area (Å²) in [6.07, 6.45) is 0. The maximum absolute atomic E-state index is 12.7. The normalized spacial score (nSPS) is 11.8. The monoisotopic (exact) mass is 650 g/mol. The van der Waals surface area contributed by atoms with Crippen molar-refractivity contribution in [2.45, 2.75) is 25.7 Å². The number of carbonyl (C=O) groups excluding carboxylic acids is 6. The maximum Gasteiger partial charge on any atom is 0.344 e. The van der Waals surface area contributed by atoms with Gasteiger partial charge in [0.2, 0.25) is 0 Å². The zero-order valence-corrected chi connectivity index (χ0v) is 26.5. The van der Waals surface area contributed by atoms with Crippen LogP contribution in [0.2, 0.25) is 0 Å². The standard InChI is InChI=1S/C38H34O10/c1-25(27-16-18-30(19-17-27)35(41)28-10-5-3-6-11-28)37(43)47-23-33(39)45-20-21-46-34(40)24-48-38(44)26(2)31-14-9-15-32(22-31)36(42)29-12-7-4-8-13-29/h3-19,22,25-26H,20-21,23-24H2,1-2H3/t25-,26+/m1/s1. The molecule has 10 nitrogen and oxygen atoms in total. The average molecular weight is 651 g/mol. The molecule has 0 aliphatic carbocycles. The Kier molecular flexibility index (Phi) is 12.5. The summed E-state index contributed by atoms with van der Waals surface area (Å²) in [5.41, 5.74) is 3.11. The van der Waals surface area contributed by atoms with Gasteiger partial charge >= 0.3 is 23.9 Å². The van der Waals surface area contributed by atoms with Gasteiger partial charge in [0.05, 0.1) is 11.8 Å². The molecular weight excluding hydrogens is 616 g/mol. The van der Waals surface area contributed by atoms with Gasteiger partial charge in [0.25, 0.3) is 0 Å². The van der Waals surface area contributed by atoms with Crippen LogP contribution in [-0.2, 0) is 38.1 Å². The van der Waals surface area contributed by atoms with E-state index in [1.54, 1.807) is 111 Å². The van der Waals surface area contributed by atoms with Gasteiger partial charge in [0, 0.05) is 22.3 Å². The lowest BCUT2D eigenvalue weighted by Gasteiger charge is -2.13. The lowest BCUT2D eigenvalue weighted by molar-refractivity contribution is -0.164. The summed E-state index contributed by atoms with van der Waals surface area (Å²) in [4.78, 5) is 74.4. The Balaban J connectivity index is 1.12. The number of carbonyl (C=O) groups is 6. The van der Waals surface area contributed by atoms with Crippen molar-refractivity contribution in [3.8, 4) is 0 Å². The third-order valence-electron chi connectivity index (χ3n) is 7.37. The second kappa shape index (κ2) is 17.1. The third kappa shape index (κ3) is 9.80. The highest BCUT2D eigenvalue weighted by atomic mass is 16.6. The summed E-state index contributed by atoms with van der Waals surface area (Å²) in [6, 6.07) is 30.7. The van der Waals surface area contributed by atoms with Gasteiger partial charge in [-0.25, -0.2) is 9.59 Å². The minimum Gasteiger partial charge on any atom is -0.460 e. The van der Waals surface area contributed by atoms with Gasteiger partial charge in [-0.3, -0.25) is 19.2 Å². The molecule has 0 bridgehead atoms.